The lowest BCUT2D eigenvalue weighted by atomic mass is 10.3. The monoisotopic (exact) mass is 308 g/mol. The van der Waals surface area contributed by atoms with Crippen molar-refractivity contribution >= 4 is 33.2 Å². The Morgan fingerprint density at radius 2 is 2.11 bits per heavy atom. The zero-order valence-electron chi connectivity index (χ0n) is 9.86. The fourth-order valence-corrected chi connectivity index (χ4v) is 4.21. The number of hydrogen-bond acceptors (Lipinski definition) is 3. The summed E-state index contributed by atoms with van der Waals surface area (Å²) >= 11 is 11.7. The van der Waals surface area contributed by atoms with Gasteiger partial charge >= 0.3 is 0 Å². The van der Waals surface area contributed by atoms with Crippen molar-refractivity contribution in [2.75, 3.05) is 19.6 Å². The summed E-state index contributed by atoms with van der Waals surface area (Å²) in [6.45, 7) is 3.49. The van der Waals surface area contributed by atoms with Crippen molar-refractivity contribution in [2.45, 2.75) is 17.9 Å². The van der Waals surface area contributed by atoms with Crippen molar-refractivity contribution in [1.29, 1.82) is 0 Å². The van der Waals surface area contributed by atoms with E-state index in [0.29, 0.717) is 24.7 Å². The number of hydrogen-bond donors (Lipinski definition) is 1. The van der Waals surface area contributed by atoms with Crippen LogP contribution in [-0.4, -0.2) is 38.4 Å². The van der Waals surface area contributed by atoms with E-state index in [9.17, 15) is 8.42 Å². The number of nitrogens with one attached hydrogen (secondary N) is 1. The molecule has 1 saturated heterocycles. The summed E-state index contributed by atoms with van der Waals surface area (Å²) in [7, 11) is -3.54. The topological polar surface area (TPSA) is 49.4 Å². The zero-order valence-corrected chi connectivity index (χ0v) is 12.2. The maximum atomic E-state index is 12.4. The normalized spacial score (nSPS) is 22.1. The molecule has 1 unspecified atom stereocenters. The van der Waals surface area contributed by atoms with Gasteiger partial charge in [-0.05, 0) is 25.1 Å². The molecule has 1 heterocycles. The lowest BCUT2D eigenvalue weighted by Crippen LogP contribution is -2.51. The summed E-state index contributed by atoms with van der Waals surface area (Å²) in [6, 6.07) is 4.57. The molecule has 0 bridgehead atoms. The highest BCUT2D eigenvalue weighted by Crippen LogP contribution is 2.27. The molecule has 0 aliphatic carbocycles. The van der Waals surface area contributed by atoms with Crippen LogP contribution >= 0.6 is 23.2 Å². The molecule has 1 atom stereocenters. The molecule has 4 nitrogen and oxygen atoms in total. The summed E-state index contributed by atoms with van der Waals surface area (Å²) in [5, 5.41) is 3.78. The second-order valence-corrected chi connectivity index (χ2v) is 7.04. The molecule has 18 heavy (non-hydrogen) atoms. The van der Waals surface area contributed by atoms with E-state index < -0.39 is 10.0 Å². The third-order valence-corrected chi connectivity index (χ3v) is 5.43. The van der Waals surface area contributed by atoms with Crippen LogP contribution in [0.3, 0.4) is 0 Å². The van der Waals surface area contributed by atoms with Crippen LogP contribution in [0.2, 0.25) is 10.0 Å². The van der Waals surface area contributed by atoms with E-state index in [1.165, 1.54) is 22.5 Å². The van der Waals surface area contributed by atoms with Gasteiger partial charge in [-0.3, -0.25) is 0 Å². The Hall–Kier alpha value is -0.330. The van der Waals surface area contributed by atoms with Gasteiger partial charge in [0.05, 0.1) is 5.02 Å². The lowest BCUT2D eigenvalue weighted by molar-refractivity contribution is 0.310. The van der Waals surface area contributed by atoms with Crippen LogP contribution in [0, 0.1) is 0 Å². The first-order valence-corrected chi connectivity index (χ1v) is 7.79. The first kappa shape index (κ1) is 14.1. The lowest BCUT2D eigenvalue weighted by Gasteiger charge is -2.31. The van der Waals surface area contributed by atoms with Gasteiger partial charge in [0.2, 0.25) is 10.0 Å². The van der Waals surface area contributed by atoms with Gasteiger partial charge in [0.1, 0.15) is 4.90 Å². The molecule has 0 aromatic heterocycles. The highest BCUT2D eigenvalue weighted by Gasteiger charge is 2.29. The Labute approximate surface area is 117 Å². The fourth-order valence-electron chi connectivity index (χ4n) is 1.94. The molecule has 1 fully saturated rings. The smallest absolute Gasteiger partial charge is 0.244 e. The standard InChI is InChI=1S/C11H14Cl2N2O2S/c1-8-7-15(5-4-14-8)18(16,17)11-3-2-9(12)6-10(11)13/h2-3,6,8,14H,4-5,7H2,1H3. The van der Waals surface area contributed by atoms with E-state index >= 15 is 0 Å². The molecule has 0 spiro atoms. The molecule has 1 aliphatic heterocycles. The molecule has 1 N–H and O–H groups in total. The molecule has 0 radical (unpaired) electrons. The van der Waals surface area contributed by atoms with Gasteiger partial charge in [-0.1, -0.05) is 23.2 Å². The zero-order chi connectivity index (χ0) is 13.3. The quantitative estimate of drug-likeness (QED) is 0.909. The Bertz CT molecular complexity index is 548. The van der Waals surface area contributed by atoms with Crippen molar-refractivity contribution in [3.05, 3.63) is 28.2 Å². The highest BCUT2D eigenvalue weighted by molar-refractivity contribution is 7.89. The summed E-state index contributed by atoms with van der Waals surface area (Å²) in [4.78, 5) is 0.114. The van der Waals surface area contributed by atoms with Crippen molar-refractivity contribution in [1.82, 2.24) is 9.62 Å². The molecule has 0 amide bonds. The van der Waals surface area contributed by atoms with Crippen LogP contribution in [0.25, 0.3) is 0 Å². The SMILES string of the molecule is CC1CN(S(=O)(=O)c2ccc(Cl)cc2Cl)CCN1. The van der Waals surface area contributed by atoms with Gasteiger partial charge in [-0.2, -0.15) is 4.31 Å². The summed E-state index contributed by atoms with van der Waals surface area (Å²) in [5.41, 5.74) is 0. The molecule has 1 aliphatic rings. The Morgan fingerprint density at radius 1 is 1.39 bits per heavy atom. The summed E-state index contributed by atoms with van der Waals surface area (Å²) in [5.74, 6) is 0. The number of rotatable bonds is 2. The number of piperazine rings is 1. The fraction of sp³-hybridized carbons (Fsp3) is 0.455. The van der Waals surface area contributed by atoms with Crippen molar-refractivity contribution in [3.63, 3.8) is 0 Å². The van der Waals surface area contributed by atoms with Crippen LogP contribution in [0.1, 0.15) is 6.92 Å². The predicted molar refractivity (Wildman–Crippen MR) is 72.7 cm³/mol. The average molecular weight is 309 g/mol. The number of sulfonamides is 1. The molecular formula is C11H14Cl2N2O2S. The van der Waals surface area contributed by atoms with Crippen molar-refractivity contribution in [3.8, 4) is 0 Å². The van der Waals surface area contributed by atoms with Crippen molar-refractivity contribution in [2.24, 2.45) is 0 Å². The van der Waals surface area contributed by atoms with Crippen LogP contribution < -0.4 is 5.32 Å². The minimum Gasteiger partial charge on any atom is -0.312 e. The molecule has 2 rings (SSSR count). The summed E-state index contributed by atoms with van der Waals surface area (Å²) in [6.07, 6.45) is 0. The third kappa shape index (κ3) is 2.81. The molecule has 7 heteroatoms. The maximum Gasteiger partial charge on any atom is 0.244 e. The van der Waals surface area contributed by atoms with Crippen LogP contribution in [-0.2, 0) is 10.0 Å². The molecular weight excluding hydrogens is 295 g/mol. The van der Waals surface area contributed by atoms with E-state index in [1.54, 1.807) is 0 Å². The molecule has 0 saturated carbocycles. The van der Waals surface area contributed by atoms with Crippen LogP contribution in [0.15, 0.2) is 23.1 Å². The van der Waals surface area contributed by atoms with Crippen LogP contribution in [0.5, 0.6) is 0 Å². The number of benzene rings is 1. The Balaban J connectivity index is 2.35. The minimum atomic E-state index is -3.54. The number of nitrogens with zero attached hydrogens (tertiary/aromatic N) is 1. The third-order valence-electron chi connectivity index (χ3n) is 2.84. The van der Waals surface area contributed by atoms with Gasteiger partial charge in [0.25, 0.3) is 0 Å². The van der Waals surface area contributed by atoms with E-state index in [4.69, 9.17) is 23.2 Å². The molecule has 1 aromatic rings. The largest absolute Gasteiger partial charge is 0.312 e. The minimum absolute atomic E-state index is 0.114. The average Bonchev–Trinajstić information content (AvgIpc) is 2.28. The van der Waals surface area contributed by atoms with E-state index in [0.717, 1.165) is 0 Å². The van der Waals surface area contributed by atoms with Gasteiger partial charge in [0.15, 0.2) is 0 Å². The summed E-state index contributed by atoms with van der Waals surface area (Å²) < 4.78 is 26.3. The number of halogens is 2. The van der Waals surface area contributed by atoms with Gasteiger partial charge < -0.3 is 5.32 Å². The van der Waals surface area contributed by atoms with Gasteiger partial charge in [-0.25, -0.2) is 8.42 Å². The van der Waals surface area contributed by atoms with Crippen LogP contribution in [0.4, 0.5) is 0 Å². The van der Waals surface area contributed by atoms with Crippen molar-refractivity contribution < 1.29 is 8.42 Å². The first-order chi connectivity index (χ1) is 8.41. The predicted octanol–water partition coefficient (Wildman–Crippen LogP) is 1.98. The van der Waals surface area contributed by atoms with E-state index in [-0.39, 0.29) is 16.0 Å². The van der Waals surface area contributed by atoms with Gasteiger partial charge in [-0.15, -0.1) is 0 Å². The van der Waals surface area contributed by atoms with E-state index in [2.05, 4.69) is 5.32 Å². The molecule has 100 valence electrons. The Morgan fingerprint density at radius 3 is 2.72 bits per heavy atom. The van der Waals surface area contributed by atoms with E-state index in [1.807, 2.05) is 6.92 Å². The second kappa shape index (κ2) is 5.35. The maximum absolute atomic E-state index is 12.4. The highest BCUT2D eigenvalue weighted by atomic mass is 35.5. The Kier molecular flexibility index (Phi) is 4.18. The molecule has 1 aromatic carbocycles. The second-order valence-electron chi connectivity index (χ2n) is 4.29. The first-order valence-electron chi connectivity index (χ1n) is 5.60. The van der Waals surface area contributed by atoms with Gasteiger partial charge in [0, 0.05) is 30.7 Å².